The monoisotopic (exact) mass is 450 g/mol. The Morgan fingerprint density at radius 3 is 2.23 bits per heavy atom. The van der Waals surface area contributed by atoms with E-state index in [1.165, 1.54) is 0 Å². The van der Waals surface area contributed by atoms with Gasteiger partial charge in [-0.05, 0) is 0 Å². The standard InChI is InChI=1S/C17H26N2O12/c1-7(21)18-14(11(30-9(3)23)6-29-8(2)22)15-13(19-12(25)5-20)10(24)4-17(28,31-15)16(26)27/h10-11,13-15,20,24,28H,4-6H2,1-3H3,(H,18,21)(H,19,25)(H,26,27)/t10-,11?,13+,14?,15+,17?/m0/s1. The summed E-state index contributed by atoms with van der Waals surface area (Å²) >= 11 is 0. The third kappa shape index (κ3) is 7.43. The van der Waals surface area contributed by atoms with Crippen molar-refractivity contribution < 1.29 is 58.6 Å². The van der Waals surface area contributed by atoms with E-state index >= 15 is 0 Å². The molecule has 1 aliphatic rings. The van der Waals surface area contributed by atoms with E-state index in [-0.39, 0.29) is 0 Å². The Labute approximate surface area is 176 Å². The molecule has 1 saturated heterocycles. The molecule has 0 spiro atoms. The molecular formula is C17H26N2O12. The van der Waals surface area contributed by atoms with E-state index in [1.807, 2.05) is 0 Å². The number of hydrogen-bond donors (Lipinski definition) is 6. The summed E-state index contributed by atoms with van der Waals surface area (Å²) in [5.41, 5.74) is 0. The summed E-state index contributed by atoms with van der Waals surface area (Å²) in [6.07, 6.45) is -5.76. The Kier molecular flexibility index (Phi) is 9.30. The first-order valence-electron chi connectivity index (χ1n) is 9.10. The maximum absolute atomic E-state index is 11.8. The van der Waals surface area contributed by atoms with Crippen LogP contribution in [0.2, 0.25) is 0 Å². The van der Waals surface area contributed by atoms with E-state index in [0.29, 0.717) is 0 Å². The molecule has 0 aliphatic carbocycles. The number of amides is 2. The third-order valence-corrected chi connectivity index (χ3v) is 4.28. The molecular weight excluding hydrogens is 424 g/mol. The van der Waals surface area contributed by atoms with Crippen LogP contribution in [0.1, 0.15) is 27.2 Å². The number of nitrogens with one attached hydrogen (secondary N) is 2. The van der Waals surface area contributed by atoms with E-state index in [9.17, 15) is 39.3 Å². The van der Waals surface area contributed by atoms with Gasteiger partial charge in [-0.15, -0.1) is 0 Å². The van der Waals surface area contributed by atoms with E-state index < -0.39 is 85.5 Å². The van der Waals surface area contributed by atoms with Gasteiger partial charge in [-0.1, -0.05) is 0 Å². The fourth-order valence-corrected chi connectivity index (χ4v) is 3.07. The number of ether oxygens (including phenoxy) is 3. The molecule has 176 valence electrons. The fourth-order valence-electron chi connectivity index (χ4n) is 3.07. The van der Waals surface area contributed by atoms with Crippen LogP contribution < -0.4 is 10.6 Å². The summed E-state index contributed by atoms with van der Waals surface area (Å²) in [6.45, 7) is 1.54. The average molecular weight is 450 g/mol. The van der Waals surface area contributed by atoms with Gasteiger partial charge in [-0.2, -0.15) is 0 Å². The summed E-state index contributed by atoms with van der Waals surface area (Å²) in [4.78, 5) is 57.8. The summed E-state index contributed by atoms with van der Waals surface area (Å²) < 4.78 is 15.2. The quantitative estimate of drug-likeness (QED) is 0.188. The highest BCUT2D eigenvalue weighted by molar-refractivity contribution is 5.78. The number of carboxylic acids is 1. The third-order valence-electron chi connectivity index (χ3n) is 4.28. The predicted octanol–water partition coefficient (Wildman–Crippen LogP) is -3.61. The Morgan fingerprint density at radius 2 is 1.77 bits per heavy atom. The zero-order chi connectivity index (χ0) is 23.9. The van der Waals surface area contributed by atoms with E-state index in [1.54, 1.807) is 0 Å². The number of esters is 2. The lowest BCUT2D eigenvalue weighted by atomic mass is 9.87. The summed E-state index contributed by atoms with van der Waals surface area (Å²) in [5, 5.41) is 43.6. The molecule has 1 fully saturated rings. The molecule has 14 heteroatoms. The van der Waals surface area contributed by atoms with Crippen LogP contribution in [0.5, 0.6) is 0 Å². The van der Waals surface area contributed by atoms with Crippen molar-refractivity contribution in [3.8, 4) is 0 Å². The number of carboxylic acid groups (broad SMARTS) is 1. The van der Waals surface area contributed by atoms with Crippen molar-refractivity contribution in [3.63, 3.8) is 0 Å². The van der Waals surface area contributed by atoms with Crippen LogP contribution >= 0.6 is 0 Å². The first kappa shape index (κ1) is 26.2. The summed E-state index contributed by atoms with van der Waals surface area (Å²) in [5.74, 6) is -8.13. The predicted molar refractivity (Wildman–Crippen MR) is 96.9 cm³/mol. The van der Waals surface area contributed by atoms with E-state index in [0.717, 1.165) is 20.8 Å². The zero-order valence-corrected chi connectivity index (χ0v) is 17.1. The molecule has 1 aliphatic heterocycles. The SMILES string of the molecule is CC(=O)NC(C(COC(C)=O)OC(C)=O)[C@@H]1OC(O)(C(=O)O)C[C@H](O)[C@H]1NC(=O)CO. The Hall–Kier alpha value is -2.81. The van der Waals surface area contributed by atoms with Crippen LogP contribution in [-0.4, -0.2) is 99.5 Å². The van der Waals surface area contributed by atoms with Crippen molar-refractivity contribution in [1.82, 2.24) is 10.6 Å². The molecule has 3 unspecified atom stereocenters. The molecule has 0 aromatic heterocycles. The van der Waals surface area contributed by atoms with Gasteiger partial charge >= 0.3 is 17.9 Å². The molecule has 2 amide bonds. The molecule has 1 rings (SSSR count). The van der Waals surface area contributed by atoms with Crippen LogP contribution in [0, 0.1) is 0 Å². The minimum Gasteiger partial charge on any atom is -0.477 e. The number of carbonyl (C=O) groups excluding carboxylic acids is 4. The van der Waals surface area contributed by atoms with Gasteiger partial charge in [-0.3, -0.25) is 19.2 Å². The zero-order valence-electron chi connectivity index (χ0n) is 17.1. The van der Waals surface area contributed by atoms with E-state index in [4.69, 9.17) is 19.3 Å². The number of carbonyl (C=O) groups is 5. The first-order valence-corrected chi connectivity index (χ1v) is 9.10. The van der Waals surface area contributed by atoms with E-state index in [2.05, 4.69) is 10.6 Å². The van der Waals surface area contributed by atoms with Crippen LogP contribution in [0.3, 0.4) is 0 Å². The molecule has 0 radical (unpaired) electrons. The smallest absolute Gasteiger partial charge is 0.364 e. The Balaban J connectivity index is 3.46. The molecule has 14 nitrogen and oxygen atoms in total. The van der Waals surface area contributed by atoms with Crippen molar-refractivity contribution in [2.24, 2.45) is 0 Å². The number of aliphatic hydroxyl groups excluding tert-OH is 2. The van der Waals surface area contributed by atoms with Crippen LogP contribution in [0.25, 0.3) is 0 Å². The number of aliphatic hydroxyl groups is 3. The fraction of sp³-hybridized carbons (Fsp3) is 0.706. The molecule has 0 saturated carbocycles. The lowest BCUT2D eigenvalue weighted by Gasteiger charge is -2.46. The van der Waals surface area contributed by atoms with Crippen molar-refractivity contribution in [2.45, 2.75) is 63.4 Å². The second-order valence-electron chi connectivity index (χ2n) is 6.87. The molecule has 0 aromatic carbocycles. The number of rotatable bonds is 9. The normalized spacial score (nSPS) is 27.4. The van der Waals surface area contributed by atoms with Gasteiger partial charge < -0.3 is 45.3 Å². The maximum atomic E-state index is 11.8. The lowest BCUT2D eigenvalue weighted by Crippen LogP contribution is -2.70. The molecule has 31 heavy (non-hydrogen) atoms. The van der Waals surface area contributed by atoms with Crippen molar-refractivity contribution in [1.29, 1.82) is 0 Å². The number of aliphatic carboxylic acids is 1. The van der Waals surface area contributed by atoms with Crippen LogP contribution in [0.15, 0.2) is 0 Å². The van der Waals surface area contributed by atoms with Crippen LogP contribution in [0.4, 0.5) is 0 Å². The highest BCUT2D eigenvalue weighted by Gasteiger charge is 2.55. The van der Waals surface area contributed by atoms with Crippen molar-refractivity contribution in [3.05, 3.63) is 0 Å². The Bertz CT molecular complexity index is 713. The first-order chi connectivity index (χ1) is 14.3. The molecule has 0 bridgehead atoms. The second kappa shape index (κ2) is 11.0. The van der Waals surface area contributed by atoms with Gasteiger partial charge in [0.1, 0.15) is 19.3 Å². The largest absolute Gasteiger partial charge is 0.477 e. The Morgan fingerprint density at radius 1 is 1.16 bits per heavy atom. The second-order valence-corrected chi connectivity index (χ2v) is 6.87. The van der Waals surface area contributed by atoms with Crippen molar-refractivity contribution >= 4 is 29.7 Å². The molecule has 6 N–H and O–H groups in total. The van der Waals surface area contributed by atoms with Gasteiger partial charge in [-0.25, -0.2) is 4.79 Å². The van der Waals surface area contributed by atoms with Gasteiger partial charge in [0, 0.05) is 27.2 Å². The van der Waals surface area contributed by atoms with Crippen LogP contribution in [-0.2, 0) is 38.2 Å². The average Bonchev–Trinajstić information content (AvgIpc) is 2.64. The van der Waals surface area contributed by atoms with Gasteiger partial charge in [0.15, 0.2) is 6.10 Å². The molecule has 1 heterocycles. The number of hydrogen-bond acceptors (Lipinski definition) is 11. The lowest BCUT2D eigenvalue weighted by molar-refractivity contribution is -0.284. The highest BCUT2D eigenvalue weighted by atomic mass is 16.7. The molecule has 0 aromatic rings. The van der Waals surface area contributed by atoms with Gasteiger partial charge in [0.05, 0.1) is 18.2 Å². The topological polar surface area (TPSA) is 218 Å². The molecule has 6 atom stereocenters. The van der Waals surface area contributed by atoms with Gasteiger partial charge in [0.25, 0.3) is 5.79 Å². The summed E-state index contributed by atoms with van der Waals surface area (Å²) in [6, 6.07) is -2.97. The minimum atomic E-state index is -2.93. The van der Waals surface area contributed by atoms with Crippen molar-refractivity contribution in [2.75, 3.05) is 13.2 Å². The maximum Gasteiger partial charge on any atom is 0.364 e. The van der Waals surface area contributed by atoms with Gasteiger partial charge in [0.2, 0.25) is 11.8 Å². The summed E-state index contributed by atoms with van der Waals surface area (Å²) in [7, 11) is 0. The minimum absolute atomic E-state index is 0.609. The highest BCUT2D eigenvalue weighted by Crippen LogP contribution is 2.31.